The van der Waals surface area contributed by atoms with Gasteiger partial charge in [-0.3, -0.25) is 14.4 Å². The summed E-state index contributed by atoms with van der Waals surface area (Å²) in [5, 5.41) is 2.99. The van der Waals surface area contributed by atoms with Gasteiger partial charge in [-0.2, -0.15) is 0 Å². The van der Waals surface area contributed by atoms with E-state index < -0.39 is 16.9 Å². The molecule has 214 valence electrons. The molecule has 0 aromatic heterocycles. The van der Waals surface area contributed by atoms with Crippen molar-refractivity contribution < 1.29 is 19.1 Å². The second kappa shape index (κ2) is 11.2. The Morgan fingerprint density at radius 3 is 2.05 bits per heavy atom. The summed E-state index contributed by atoms with van der Waals surface area (Å²) in [6.45, 7) is 7.38. The average molecular weight is 562 g/mol. The molecule has 42 heavy (non-hydrogen) atoms. The molecule has 5 rings (SSSR count). The third-order valence-electron chi connectivity index (χ3n) is 7.92. The first-order valence-electron chi connectivity index (χ1n) is 13.9. The highest BCUT2D eigenvalue weighted by atomic mass is 16.5. The van der Waals surface area contributed by atoms with Crippen molar-refractivity contribution in [1.82, 2.24) is 0 Å². The first-order valence-corrected chi connectivity index (χ1v) is 13.9. The fraction of sp³-hybridized carbons (Fsp3) is 0.229. The lowest BCUT2D eigenvalue weighted by Gasteiger charge is -2.51. The third-order valence-corrected chi connectivity index (χ3v) is 7.92. The van der Waals surface area contributed by atoms with Crippen molar-refractivity contribution in [3.63, 3.8) is 0 Å². The Kier molecular flexibility index (Phi) is 7.61. The van der Waals surface area contributed by atoms with E-state index in [2.05, 4.69) is 24.4 Å². The summed E-state index contributed by atoms with van der Waals surface area (Å²) in [5.74, 6) is -0.854. The number of hydrogen-bond donors (Lipinski definition) is 2. The number of amides is 3. The Morgan fingerprint density at radius 1 is 0.857 bits per heavy atom. The van der Waals surface area contributed by atoms with Gasteiger partial charge in [-0.25, -0.2) is 0 Å². The summed E-state index contributed by atoms with van der Waals surface area (Å²) in [5.41, 5.74) is 9.89. The number of carbonyl (C=O) groups excluding carboxylic acids is 3. The smallest absolute Gasteiger partial charge is 0.255 e. The third kappa shape index (κ3) is 5.50. The van der Waals surface area contributed by atoms with Crippen molar-refractivity contribution in [3.05, 3.63) is 114 Å². The quantitative estimate of drug-likeness (QED) is 0.276. The summed E-state index contributed by atoms with van der Waals surface area (Å²) in [6, 6.07) is 31.0. The van der Waals surface area contributed by atoms with E-state index in [1.807, 2.05) is 80.6 Å². The van der Waals surface area contributed by atoms with Gasteiger partial charge < -0.3 is 20.7 Å². The maximum atomic E-state index is 13.5. The van der Waals surface area contributed by atoms with Gasteiger partial charge in [-0.1, -0.05) is 79.7 Å². The lowest BCUT2D eigenvalue weighted by molar-refractivity contribution is -0.120. The molecule has 1 aliphatic heterocycles. The zero-order chi connectivity index (χ0) is 30.1. The van der Waals surface area contributed by atoms with Gasteiger partial charge >= 0.3 is 0 Å². The van der Waals surface area contributed by atoms with Crippen molar-refractivity contribution in [2.24, 2.45) is 5.73 Å². The van der Waals surface area contributed by atoms with Crippen molar-refractivity contribution in [2.45, 2.75) is 45.1 Å². The fourth-order valence-electron chi connectivity index (χ4n) is 6.23. The van der Waals surface area contributed by atoms with Gasteiger partial charge in [0.15, 0.2) is 6.61 Å². The molecule has 7 heteroatoms. The fourth-order valence-corrected chi connectivity index (χ4v) is 6.23. The van der Waals surface area contributed by atoms with E-state index in [1.54, 1.807) is 23.1 Å². The molecular formula is C35H35N3O4. The molecule has 7 nitrogen and oxygen atoms in total. The summed E-state index contributed by atoms with van der Waals surface area (Å²) >= 11 is 0. The molecule has 0 bridgehead atoms. The van der Waals surface area contributed by atoms with E-state index in [0.717, 1.165) is 22.3 Å². The van der Waals surface area contributed by atoms with E-state index >= 15 is 0 Å². The number of rotatable bonds is 7. The predicted molar refractivity (Wildman–Crippen MR) is 166 cm³/mol. The van der Waals surface area contributed by atoms with Crippen LogP contribution in [0.5, 0.6) is 5.75 Å². The second-order valence-corrected chi connectivity index (χ2v) is 11.6. The van der Waals surface area contributed by atoms with Crippen LogP contribution >= 0.6 is 0 Å². The van der Waals surface area contributed by atoms with Crippen molar-refractivity contribution in [1.29, 1.82) is 0 Å². The standard InChI is InChI=1S/C35H35N3O4/c1-23(39)38-30-20-31(42-21-32(36)40)29(19-28(30)35(4,22-34(38,2)3)27-13-9-6-10-14-27)37-33(41)26-17-15-25(16-18-26)24-11-7-5-8-12-24/h5-20H,21-22H2,1-4H3,(H2,36,40)(H,37,41). The number of carbonyl (C=O) groups is 3. The van der Waals surface area contributed by atoms with Gasteiger partial charge in [0.1, 0.15) is 5.75 Å². The van der Waals surface area contributed by atoms with Crippen LogP contribution in [0.2, 0.25) is 0 Å². The number of fused-ring (bicyclic) bond motifs is 1. The molecule has 1 aliphatic rings. The van der Waals surface area contributed by atoms with Gasteiger partial charge in [0.2, 0.25) is 5.91 Å². The van der Waals surface area contributed by atoms with E-state index in [0.29, 0.717) is 23.4 Å². The topological polar surface area (TPSA) is 102 Å². The SMILES string of the molecule is CC(=O)N1c2cc(OCC(N)=O)c(NC(=O)c3ccc(-c4ccccc4)cc3)cc2C(C)(c2ccccc2)CC1(C)C. The van der Waals surface area contributed by atoms with E-state index in [1.165, 1.54) is 6.92 Å². The minimum Gasteiger partial charge on any atom is -0.482 e. The van der Waals surface area contributed by atoms with Crippen LogP contribution in [-0.2, 0) is 15.0 Å². The Balaban J connectivity index is 1.60. The number of ether oxygens (including phenoxy) is 1. The molecule has 4 aromatic carbocycles. The molecule has 0 fully saturated rings. The van der Waals surface area contributed by atoms with Crippen LogP contribution < -0.4 is 20.7 Å². The van der Waals surface area contributed by atoms with Crippen LogP contribution in [0.3, 0.4) is 0 Å². The monoisotopic (exact) mass is 561 g/mol. The Hall–Kier alpha value is -4.91. The molecule has 3 N–H and O–H groups in total. The van der Waals surface area contributed by atoms with Crippen molar-refractivity contribution >= 4 is 29.1 Å². The molecule has 1 unspecified atom stereocenters. The van der Waals surface area contributed by atoms with Crippen molar-refractivity contribution in [2.75, 3.05) is 16.8 Å². The van der Waals surface area contributed by atoms with Crippen LogP contribution in [0.4, 0.5) is 11.4 Å². The largest absolute Gasteiger partial charge is 0.482 e. The first kappa shape index (κ1) is 28.6. The summed E-state index contributed by atoms with van der Waals surface area (Å²) in [7, 11) is 0. The highest BCUT2D eigenvalue weighted by Gasteiger charge is 2.47. The number of hydrogen-bond acceptors (Lipinski definition) is 4. The minimum atomic E-state index is -0.653. The maximum absolute atomic E-state index is 13.5. The van der Waals surface area contributed by atoms with E-state index in [4.69, 9.17) is 10.5 Å². The zero-order valence-electron chi connectivity index (χ0n) is 24.3. The van der Waals surface area contributed by atoms with Crippen molar-refractivity contribution in [3.8, 4) is 16.9 Å². The lowest BCUT2D eigenvalue weighted by atomic mass is 9.65. The predicted octanol–water partition coefficient (Wildman–Crippen LogP) is 6.31. The second-order valence-electron chi connectivity index (χ2n) is 11.6. The summed E-state index contributed by atoms with van der Waals surface area (Å²) in [6.07, 6.45) is 0.645. The zero-order valence-corrected chi connectivity index (χ0v) is 24.3. The summed E-state index contributed by atoms with van der Waals surface area (Å²) < 4.78 is 5.82. The normalized spacial score (nSPS) is 17.2. The number of nitrogens with one attached hydrogen (secondary N) is 1. The average Bonchev–Trinajstić information content (AvgIpc) is 2.96. The number of nitrogens with two attached hydrogens (primary N) is 1. The molecule has 1 atom stereocenters. The van der Waals surface area contributed by atoms with Gasteiger partial charge in [0.05, 0.1) is 11.4 Å². The highest BCUT2D eigenvalue weighted by Crippen LogP contribution is 2.53. The molecule has 0 aliphatic carbocycles. The van der Waals surface area contributed by atoms with Crippen LogP contribution in [0.1, 0.15) is 55.6 Å². The van der Waals surface area contributed by atoms with Crippen LogP contribution in [0, 0.1) is 0 Å². The number of primary amides is 1. The molecular weight excluding hydrogens is 526 g/mol. The number of anilines is 2. The van der Waals surface area contributed by atoms with Gasteiger partial charge in [-0.05, 0) is 60.7 Å². The Labute approximate surface area is 246 Å². The minimum absolute atomic E-state index is 0.118. The molecule has 0 spiro atoms. The maximum Gasteiger partial charge on any atom is 0.255 e. The molecule has 0 saturated heterocycles. The molecule has 3 amide bonds. The lowest BCUT2D eigenvalue weighted by Crippen LogP contribution is -2.55. The Morgan fingerprint density at radius 2 is 1.45 bits per heavy atom. The molecule has 0 saturated carbocycles. The van der Waals surface area contributed by atoms with Gasteiger partial charge in [0, 0.05) is 29.5 Å². The number of benzene rings is 4. The molecule has 4 aromatic rings. The van der Waals surface area contributed by atoms with Crippen LogP contribution in [0.25, 0.3) is 11.1 Å². The summed E-state index contributed by atoms with van der Waals surface area (Å²) in [4.78, 5) is 40.0. The van der Waals surface area contributed by atoms with Gasteiger partial charge in [-0.15, -0.1) is 0 Å². The van der Waals surface area contributed by atoms with Crippen LogP contribution in [-0.4, -0.2) is 29.9 Å². The number of nitrogens with zero attached hydrogens (tertiary/aromatic N) is 1. The molecule has 1 heterocycles. The van der Waals surface area contributed by atoms with Crippen LogP contribution in [0.15, 0.2) is 97.1 Å². The van der Waals surface area contributed by atoms with E-state index in [-0.39, 0.29) is 24.2 Å². The Bertz CT molecular complexity index is 1630. The highest BCUT2D eigenvalue weighted by molar-refractivity contribution is 6.06. The first-order chi connectivity index (χ1) is 20.0. The van der Waals surface area contributed by atoms with E-state index in [9.17, 15) is 14.4 Å². The molecule has 0 radical (unpaired) electrons. The van der Waals surface area contributed by atoms with Gasteiger partial charge in [0.25, 0.3) is 11.8 Å².